The standard InChI is InChI=1S/C34H30N2/c1-34(2)30-21-24(35(3)23-11-5-4-6-12-23)17-19-26(30)27-20-18-25(22-31(27)34)36-32-15-9-7-13-28(32)29-14-8-10-16-33(29)36/h5,7-22H,4,6H2,1-3H3. The van der Waals surface area contributed by atoms with Gasteiger partial charge in [-0.3, -0.25) is 0 Å². The van der Waals surface area contributed by atoms with Crippen molar-refractivity contribution >= 4 is 27.5 Å². The van der Waals surface area contributed by atoms with Crippen LogP contribution in [0.3, 0.4) is 0 Å². The maximum Gasteiger partial charge on any atom is 0.0541 e. The van der Waals surface area contributed by atoms with Crippen molar-refractivity contribution in [1.29, 1.82) is 0 Å². The molecule has 2 aliphatic carbocycles. The summed E-state index contributed by atoms with van der Waals surface area (Å²) in [6, 6.07) is 31.5. The van der Waals surface area contributed by atoms with Crippen LogP contribution in [0.5, 0.6) is 0 Å². The fourth-order valence-corrected chi connectivity index (χ4v) is 6.26. The van der Waals surface area contributed by atoms with Crippen molar-refractivity contribution in [2.75, 3.05) is 11.9 Å². The number of likely N-dealkylation sites (N-methyl/N-ethyl adjacent to an activating group) is 1. The summed E-state index contributed by atoms with van der Waals surface area (Å²) in [5, 5.41) is 2.60. The van der Waals surface area contributed by atoms with Crippen LogP contribution in [0, 0.1) is 0 Å². The Balaban J connectivity index is 1.37. The molecule has 0 unspecified atom stereocenters. The fourth-order valence-electron chi connectivity index (χ4n) is 6.26. The zero-order chi connectivity index (χ0) is 24.4. The Kier molecular flexibility index (Phi) is 4.56. The third-order valence-corrected chi connectivity index (χ3v) is 8.23. The van der Waals surface area contributed by atoms with Gasteiger partial charge in [0.2, 0.25) is 0 Å². The van der Waals surface area contributed by atoms with Crippen molar-refractivity contribution < 1.29 is 0 Å². The summed E-state index contributed by atoms with van der Waals surface area (Å²) >= 11 is 0. The number of hydrogen-bond acceptors (Lipinski definition) is 1. The summed E-state index contributed by atoms with van der Waals surface area (Å²) in [6.45, 7) is 4.74. The van der Waals surface area contributed by atoms with Gasteiger partial charge in [-0.05, 0) is 77.6 Å². The van der Waals surface area contributed by atoms with Crippen molar-refractivity contribution in [3.63, 3.8) is 0 Å². The monoisotopic (exact) mass is 466 g/mol. The predicted molar refractivity (Wildman–Crippen MR) is 153 cm³/mol. The average Bonchev–Trinajstić information content (AvgIpc) is 3.37. The molecule has 0 amide bonds. The maximum absolute atomic E-state index is 2.42. The number of aromatic nitrogens is 1. The average molecular weight is 467 g/mol. The van der Waals surface area contributed by atoms with Crippen molar-refractivity contribution in [1.82, 2.24) is 4.57 Å². The summed E-state index contributed by atoms with van der Waals surface area (Å²) in [4.78, 5) is 2.32. The molecule has 0 saturated heterocycles. The van der Waals surface area contributed by atoms with Gasteiger partial charge in [-0.2, -0.15) is 0 Å². The molecule has 2 aliphatic rings. The third-order valence-electron chi connectivity index (χ3n) is 8.23. The summed E-state index contributed by atoms with van der Waals surface area (Å²) < 4.78 is 2.42. The first-order valence-electron chi connectivity index (χ1n) is 12.9. The van der Waals surface area contributed by atoms with E-state index in [-0.39, 0.29) is 5.41 Å². The van der Waals surface area contributed by atoms with Crippen LogP contribution in [-0.2, 0) is 5.41 Å². The Morgan fingerprint density at radius 1 is 0.722 bits per heavy atom. The SMILES string of the molecule is CN(C1=CCCC=C1)c1ccc2c(c1)C(C)(C)c1cc(-n3c4ccccc4c4ccccc43)ccc1-2. The smallest absolute Gasteiger partial charge is 0.0541 e. The largest absolute Gasteiger partial charge is 0.345 e. The molecule has 4 aromatic carbocycles. The molecule has 5 aromatic rings. The maximum atomic E-state index is 2.42. The van der Waals surface area contributed by atoms with Crippen molar-refractivity contribution in [3.8, 4) is 16.8 Å². The van der Waals surface area contributed by atoms with E-state index in [0.29, 0.717) is 0 Å². The second-order valence-electron chi connectivity index (χ2n) is 10.6. The first-order chi connectivity index (χ1) is 17.5. The zero-order valence-corrected chi connectivity index (χ0v) is 21.1. The second-order valence-corrected chi connectivity index (χ2v) is 10.6. The molecule has 0 N–H and O–H groups in total. The molecule has 2 heteroatoms. The molecular formula is C34H30N2. The van der Waals surface area contributed by atoms with Crippen LogP contribution in [0.15, 0.2) is 109 Å². The predicted octanol–water partition coefficient (Wildman–Crippen LogP) is 8.76. The number of allylic oxidation sites excluding steroid dienone is 3. The number of rotatable bonds is 3. The lowest BCUT2D eigenvalue weighted by molar-refractivity contribution is 0.660. The van der Waals surface area contributed by atoms with Gasteiger partial charge in [-0.1, -0.05) is 74.5 Å². The molecule has 0 spiro atoms. The molecule has 1 aromatic heterocycles. The normalized spacial score (nSPS) is 15.7. The van der Waals surface area contributed by atoms with Crippen molar-refractivity contribution in [2.24, 2.45) is 0 Å². The lowest BCUT2D eigenvalue weighted by Gasteiger charge is -2.26. The number of para-hydroxylation sites is 2. The van der Waals surface area contributed by atoms with Crippen LogP contribution >= 0.6 is 0 Å². The highest BCUT2D eigenvalue weighted by Gasteiger charge is 2.36. The number of anilines is 1. The molecular weight excluding hydrogens is 436 g/mol. The number of nitrogens with zero attached hydrogens (tertiary/aromatic N) is 2. The highest BCUT2D eigenvalue weighted by atomic mass is 15.1. The van der Waals surface area contributed by atoms with E-state index < -0.39 is 0 Å². The molecule has 36 heavy (non-hydrogen) atoms. The molecule has 2 nitrogen and oxygen atoms in total. The van der Waals surface area contributed by atoms with Gasteiger partial charge in [0, 0.05) is 40.3 Å². The van der Waals surface area contributed by atoms with E-state index in [1.165, 1.54) is 61.1 Å². The zero-order valence-electron chi connectivity index (χ0n) is 21.1. The summed E-state index contributed by atoms with van der Waals surface area (Å²) in [5.41, 5.74) is 11.7. The minimum atomic E-state index is -0.0763. The van der Waals surface area contributed by atoms with E-state index >= 15 is 0 Å². The fraction of sp³-hybridized carbons (Fsp3) is 0.176. The number of benzene rings is 4. The molecule has 0 aliphatic heterocycles. The van der Waals surface area contributed by atoms with E-state index in [4.69, 9.17) is 0 Å². The lowest BCUT2D eigenvalue weighted by atomic mass is 9.82. The summed E-state index contributed by atoms with van der Waals surface area (Å²) in [7, 11) is 2.18. The Morgan fingerprint density at radius 2 is 1.36 bits per heavy atom. The van der Waals surface area contributed by atoms with Crippen molar-refractivity contribution in [3.05, 3.63) is 120 Å². The van der Waals surface area contributed by atoms with Crippen LogP contribution in [0.1, 0.15) is 37.8 Å². The highest BCUT2D eigenvalue weighted by Crippen LogP contribution is 2.50. The Hall–Kier alpha value is -4.04. The van der Waals surface area contributed by atoms with Crippen LogP contribution in [-0.4, -0.2) is 11.6 Å². The van der Waals surface area contributed by atoms with Gasteiger partial charge in [-0.25, -0.2) is 0 Å². The molecule has 0 atom stereocenters. The van der Waals surface area contributed by atoms with E-state index in [2.05, 4.69) is 134 Å². The van der Waals surface area contributed by atoms with Gasteiger partial charge < -0.3 is 9.47 Å². The molecule has 7 rings (SSSR count). The molecule has 0 radical (unpaired) electrons. The Labute approximate surface area is 212 Å². The minimum Gasteiger partial charge on any atom is -0.345 e. The molecule has 1 heterocycles. The molecule has 0 bridgehead atoms. The van der Waals surface area contributed by atoms with Crippen molar-refractivity contribution in [2.45, 2.75) is 32.1 Å². The van der Waals surface area contributed by atoms with E-state index in [9.17, 15) is 0 Å². The molecule has 0 saturated carbocycles. The van der Waals surface area contributed by atoms with Gasteiger partial charge in [0.25, 0.3) is 0 Å². The quantitative estimate of drug-likeness (QED) is 0.258. The number of fused-ring (bicyclic) bond motifs is 6. The topological polar surface area (TPSA) is 8.17 Å². The second kappa shape index (κ2) is 7.73. The summed E-state index contributed by atoms with van der Waals surface area (Å²) in [6.07, 6.45) is 9.11. The van der Waals surface area contributed by atoms with Crippen LogP contribution in [0.25, 0.3) is 38.6 Å². The first-order valence-corrected chi connectivity index (χ1v) is 12.9. The summed E-state index contributed by atoms with van der Waals surface area (Å²) in [5.74, 6) is 0. The van der Waals surface area contributed by atoms with E-state index in [1.54, 1.807) is 0 Å². The van der Waals surface area contributed by atoms with Gasteiger partial charge in [0.15, 0.2) is 0 Å². The van der Waals surface area contributed by atoms with Gasteiger partial charge in [0.05, 0.1) is 11.0 Å². The Morgan fingerprint density at radius 3 is 2.03 bits per heavy atom. The lowest BCUT2D eigenvalue weighted by Crippen LogP contribution is -2.19. The Bertz CT molecular complexity index is 1670. The van der Waals surface area contributed by atoms with Gasteiger partial charge in [-0.15, -0.1) is 0 Å². The number of hydrogen-bond donors (Lipinski definition) is 0. The van der Waals surface area contributed by atoms with Crippen LogP contribution < -0.4 is 4.90 Å². The van der Waals surface area contributed by atoms with E-state index in [1.807, 2.05) is 0 Å². The van der Waals surface area contributed by atoms with E-state index in [0.717, 1.165) is 12.8 Å². The van der Waals surface area contributed by atoms with Gasteiger partial charge >= 0.3 is 0 Å². The van der Waals surface area contributed by atoms with Crippen LogP contribution in [0.4, 0.5) is 5.69 Å². The first kappa shape index (κ1) is 21.3. The van der Waals surface area contributed by atoms with Crippen LogP contribution in [0.2, 0.25) is 0 Å². The minimum absolute atomic E-state index is 0.0763. The molecule has 176 valence electrons. The van der Waals surface area contributed by atoms with Gasteiger partial charge in [0.1, 0.15) is 0 Å². The highest BCUT2D eigenvalue weighted by molar-refractivity contribution is 6.09. The molecule has 0 fully saturated rings. The third kappa shape index (κ3) is 2.97.